The average Bonchev–Trinajstić information content (AvgIpc) is 3.27. The normalized spacial score (nSPS) is 26.6. The molecule has 2 aromatic carbocycles. The number of imide groups is 1. The summed E-state index contributed by atoms with van der Waals surface area (Å²) in [5.41, 5.74) is -0.898. The van der Waals surface area contributed by atoms with Gasteiger partial charge in [-0.2, -0.15) is 0 Å². The summed E-state index contributed by atoms with van der Waals surface area (Å²) in [6.45, 7) is 0.918. The molecule has 2 aliphatic rings. The number of benzene rings is 2. The van der Waals surface area contributed by atoms with Crippen LogP contribution in [0, 0.1) is 11.8 Å². The third-order valence-corrected chi connectivity index (χ3v) is 6.34. The van der Waals surface area contributed by atoms with Gasteiger partial charge in [0.05, 0.1) is 24.1 Å². The number of nitrogens with zero attached hydrogens (tertiary/aromatic N) is 1. The lowest BCUT2D eigenvalue weighted by atomic mass is 9.79. The molecule has 0 radical (unpaired) electrons. The molecule has 0 saturated carbocycles. The molecule has 4 atom stereocenters. The zero-order valence-electron chi connectivity index (χ0n) is 17.9. The Labute approximate surface area is 191 Å². The first-order valence-corrected chi connectivity index (χ1v) is 10.5. The number of aliphatic hydroxyl groups excluding tert-OH is 1. The van der Waals surface area contributed by atoms with Crippen molar-refractivity contribution in [3.05, 3.63) is 59.7 Å². The van der Waals surface area contributed by atoms with Crippen molar-refractivity contribution in [2.24, 2.45) is 11.8 Å². The van der Waals surface area contributed by atoms with E-state index >= 15 is 0 Å². The number of rotatable bonds is 6. The van der Waals surface area contributed by atoms with Crippen molar-refractivity contribution in [2.45, 2.75) is 31.3 Å². The highest BCUT2D eigenvalue weighted by Crippen LogP contribution is 2.50. The van der Waals surface area contributed by atoms with Crippen LogP contribution in [0.25, 0.3) is 0 Å². The van der Waals surface area contributed by atoms with Crippen molar-refractivity contribution in [3.8, 4) is 5.75 Å². The van der Waals surface area contributed by atoms with E-state index in [0.29, 0.717) is 0 Å². The number of ether oxygens (including phenoxy) is 1. The molecule has 2 amide bonds. The van der Waals surface area contributed by atoms with Crippen molar-refractivity contribution in [1.29, 1.82) is 0 Å². The van der Waals surface area contributed by atoms with E-state index in [4.69, 9.17) is 0 Å². The first-order chi connectivity index (χ1) is 16.0. The summed E-state index contributed by atoms with van der Waals surface area (Å²) in [6.07, 6.45) is -4.23. The zero-order chi connectivity index (χ0) is 24.8. The lowest BCUT2D eigenvalue weighted by molar-refractivity contribution is -0.274. The van der Waals surface area contributed by atoms with Crippen LogP contribution >= 0.6 is 0 Å². The summed E-state index contributed by atoms with van der Waals surface area (Å²) in [7, 11) is 0. The number of hydrogen-bond acceptors (Lipinski definition) is 6. The summed E-state index contributed by atoms with van der Waals surface area (Å²) >= 11 is 0. The Kier molecular flexibility index (Phi) is 5.86. The second-order valence-corrected chi connectivity index (χ2v) is 8.21. The van der Waals surface area contributed by atoms with E-state index in [0.717, 1.165) is 29.0 Å². The number of hydrogen-bond donors (Lipinski definition) is 3. The molecule has 0 aliphatic carbocycles. The van der Waals surface area contributed by atoms with Gasteiger partial charge in [0.15, 0.2) is 5.54 Å². The molecule has 2 saturated heterocycles. The summed E-state index contributed by atoms with van der Waals surface area (Å²) in [5.74, 6) is -6.40. The van der Waals surface area contributed by atoms with Crippen LogP contribution in [0.4, 0.5) is 18.9 Å². The summed E-state index contributed by atoms with van der Waals surface area (Å²) in [4.78, 5) is 39.9. The van der Waals surface area contributed by atoms with Gasteiger partial charge in [0.25, 0.3) is 0 Å². The van der Waals surface area contributed by atoms with Crippen LogP contribution in [0.5, 0.6) is 5.75 Å². The number of aliphatic hydroxyl groups is 1. The second kappa shape index (κ2) is 8.41. The maximum absolute atomic E-state index is 13.5. The molecule has 11 heteroatoms. The number of carbonyl (C=O) groups is 3. The molecule has 4 rings (SSSR count). The minimum Gasteiger partial charge on any atom is -0.480 e. The van der Waals surface area contributed by atoms with Gasteiger partial charge in [-0.25, -0.2) is 4.90 Å². The second-order valence-electron chi connectivity index (χ2n) is 8.21. The summed E-state index contributed by atoms with van der Waals surface area (Å²) < 4.78 is 42.0. The van der Waals surface area contributed by atoms with Crippen LogP contribution in [0.1, 0.15) is 24.1 Å². The van der Waals surface area contributed by atoms with E-state index in [1.54, 1.807) is 24.3 Å². The Morgan fingerprint density at radius 2 is 1.82 bits per heavy atom. The standard InChI is InChI=1S/C23H21F3N2O6/c1-2-12-6-8-14(9-7-12)28-19(30)16-17(20(28)31)22(11-29,21(32)33)27-18(16)13-4-3-5-15(10-13)34-23(24,25)26/h3-10,16-18,27,29H,2,11H2,1H3,(H,32,33). The van der Waals surface area contributed by atoms with Gasteiger partial charge in [0.2, 0.25) is 11.8 Å². The average molecular weight is 478 g/mol. The molecule has 2 fully saturated rings. The van der Waals surface area contributed by atoms with E-state index in [1.807, 2.05) is 6.92 Å². The van der Waals surface area contributed by atoms with Crippen LogP contribution in [0.2, 0.25) is 0 Å². The third-order valence-electron chi connectivity index (χ3n) is 6.34. The number of aliphatic carboxylic acids is 1. The fourth-order valence-corrected chi connectivity index (χ4v) is 4.74. The van der Waals surface area contributed by atoms with Crippen molar-refractivity contribution in [3.63, 3.8) is 0 Å². The van der Waals surface area contributed by atoms with Crippen molar-refractivity contribution in [2.75, 3.05) is 11.5 Å². The molecule has 2 aromatic rings. The molecule has 2 aliphatic heterocycles. The van der Waals surface area contributed by atoms with E-state index < -0.39 is 59.9 Å². The van der Waals surface area contributed by atoms with Crippen LogP contribution in [-0.4, -0.2) is 46.5 Å². The Morgan fingerprint density at radius 1 is 1.15 bits per heavy atom. The highest BCUT2D eigenvalue weighted by Gasteiger charge is 2.68. The van der Waals surface area contributed by atoms with Crippen LogP contribution < -0.4 is 15.0 Å². The Balaban J connectivity index is 1.79. The molecule has 34 heavy (non-hydrogen) atoms. The molecule has 0 bridgehead atoms. The predicted molar refractivity (Wildman–Crippen MR) is 112 cm³/mol. The summed E-state index contributed by atoms with van der Waals surface area (Å²) in [5, 5.41) is 22.6. The quantitative estimate of drug-likeness (QED) is 0.546. The number of carboxylic acids is 1. The SMILES string of the molecule is CCc1ccc(N2C(=O)C3C(c4cccc(OC(F)(F)F)c4)NC(CO)(C(=O)O)C3C2=O)cc1. The van der Waals surface area contributed by atoms with Gasteiger partial charge in [-0.15, -0.1) is 13.2 Å². The first kappa shape index (κ1) is 23.7. The predicted octanol–water partition coefficient (Wildman–Crippen LogP) is 2.41. The van der Waals surface area contributed by atoms with Gasteiger partial charge < -0.3 is 14.9 Å². The highest BCUT2D eigenvalue weighted by molar-refractivity contribution is 6.24. The van der Waals surface area contributed by atoms with Gasteiger partial charge in [0.1, 0.15) is 5.75 Å². The fraction of sp³-hybridized carbons (Fsp3) is 0.348. The van der Waals surface area contributed by atoms with E-state index in [2.05, 4.69) is 10.1 Å². The molecule has 4 unspecified atom stereocenters. The molecule has 0 aromatic heterocycles. The number of fused-ring (bicyclic) bond motifs is 1. The van der Waals surface area contributed by atoms with Gasteiger partial charge in [-0.1, -0.05) is 31.2 Å². The molecular weight excluding hydrogens is 457 g/mol. The van der Waals surface area contributed by atoms with Gasteiger partial charge in [-0.3, -0.25) is 19.7 Å². The smallest absolute Gasteiger partial charge is 0.480 e. The highest BCUT2D eigenvalue weighted by atomic mass is 19.4. The molecule has 180 valence electrons. The number of alkyl halides is 3. The number of carbonyl (C=O) groups excluding carboxylic acids is 2. The van der Waals surface area contributed by atoms with Crippen molar-refractivity contribution < 1.29 is 42.5 Å². The monoisotopic (exact) mass is 478 g/mol. The number of carboxylic acid groups (broad SMARTS) is 1. The minimum atomic E-state index is -4.96. The number of nitrogens with one attached hydrogen (secondary N) is 1. The minimum absolute atomic E-state index is 0.109. The summed E-state index contributed by atoms with van der Waals surface area (Å²) in [6, 6.07) is 10.2. The molecule has 0 spiro atoms. The van der Waals surface area contributed by atoms with Gasteiger partial charge in [0, 0.05) is 6.04 Å². The van der Waals surface area contributed by atoms with Crippen molar-refractivity contribution >= 4 is 23.5 Å². The van der Waals surface area contributed by atoms with Gasteiger partial charge in [-0.05, 0) is 41.8 Å². The Hall–Kier alpha value is -3.44. The van der Waals surface area contributed by atoms with Crippen LogP contribution in [0.3, 0.4) is 0 Å². The van der Waals surface area contributed by atoms with E-state index in [1.165, 1.54) is 12.1 Å². The van der Waals surface area contributed by atoms with Crippen LogP contribution in [-0.2, 0) is 20.8 Å². The molecule has 3 N–H and O–H groups in total. The van der Waals surface area contributed by atoms with E-state index in [-0.39, 0.29) is 11.3 Å². The van der Waals surface area contributed by atoms with Crippen molar-refractivity contribution in [1.82, 2.24) is 5.32 Å². The fourth-order valence-electron chi connectivity index (χ4n) is 4.74. The topological polar surface area (TPSA) is 116 Å². The Morgan fingerprint density at radius 3 is 2.38 bits per heavy atom. The Bertz CT molecular complexity index is 1140. The molecular formula is C23H21F3N2O6. The lowest BCUT2D eigenvalue weighted by Crippen LogP contribution is -2.58. The first-order valence-electron chi connectivity index (χ1n) is 10.5. The molecule has 2 heterocycles. The maximum atomic E-state index is 13.5. The van der Waals surface area contributed by atoms with Crippen LogP contribution in [0.15, 0.2) is 48.5 Å². The third kappa shape index (κ3) is 3.80. The maximum Gasteiger partial charge on any atom is 0.573 e. The number of amides is 2. The van der Waals surface area contributed by atoms with Gasteiger partial charge >= 0.3 is 12.3 Å². The zero-order valence-corrected chi connectivity index (χ0v) is 17.9. The molecule has 8 nitrogen and oxygen atoms in total. The van der Waals surface area contributed by atoms with E-state index in [9.17, 15) is 37.8 Å². The largest absolute Gasteiger partial charge is 0.573 e. The number of halogens is 3. The number of anilines is 1. The number of aryl methyl sites for hydroxylation is 1. The lowest BCUT2D eigenvalue weighted by Gasteiger charge is -2.29.